The van der Waals surface area contributed by atoms with Gasteiger partial charge in [0, 0.05) is 31.1 Å². The van der Waals surface area contributed by atoms with Crippen LogP contribution in [-0.4, -0.2) is 11.5 Å². The first-order valence-electron chi connectivity index (χ1n) is 26.8. The lowest BCUT2D eigenvalue weighted by molar-refractivity contribution is 0.627. The minimum Gasteiger partial charge on any atom is -0.125 e. The Hall–Kier alpha value is -5.10. The second-order valence-electron chi connectivity index (χ2n) is 19.9. The Morgan fingerprint density at radius 2 is 0.472 bits per heavy atom. The smallest absolute Gasteiger partial charge is 0.0234 e. The quantitative estimate of drug-likeness (QED) is 0.0377. The van der Waals surface area contributed by atoms with Gasteiger partial charge >= 0.3 is 0 Å². The summed E-state index contributed by atoms with van der Waals surface area (Å²) >= 11 is 8.20. The van der Waals surface area contributed by atoms with Crippen molar-refractivity contribution in [2.45, 2.75) is 122 Å². The molecule has 11 rings (SSSR count). The molecule has 0 bridgehead atoms. The molecule has 0 saturated heterocycles. The van der Waals surface area contributed by atoms with Crippen LogP contribution in [0.3, 0.4) is 0 Å². The van der Waals surface area contributed by atoms with Gasteiger partial charge in [-0.1, -0.05) is 199 Å². The number of fused-ring (bicyclic) bond motifs is 8. The Morgan fingerprint density at radius 1 is 0.250 bits per heavy atom. The molecule has 0 aliphatic heterocycles. The number of thioether (sulfide) groups is 4. The van der Waals surface area contributed by atoms with Gasteiger partial charge in [-0.3, -0.25) is 0 Å². The molecule has 0 radical (unpaired) electrons. The van der Waals surface area contributed by atoms with Crippen molar-refractivity contribution in [1.82, 2.24) is 0 Å². The first kappa shape index (κ1) is 49.1. The summed E-state index contributed by atoms with van der Waals surface area (Å²) in [6.07, 6.45) is 15.8. The molecule has 0 N–H and O–H groups in total. The summed E-state index contributed by atoms with van der Waals surface area (Å²) < 4.78 is 0. The van der Waals surface area contributed by atoms with E-state index in [4.69, 9.17) is 0 Å². The topological polar surface area (TPSA) is 0 Å². The molecular formula is C68H66S4. The fraction of sp³-hybridized carbons (Fsp3) is 0.265. The zero-order valence-electron chi connectivity index (χ0n) is 42.1. The molecule has 11 aromatic carbocycles. The third-order valence-electron chi connectivity index (χ3n) is 14.8. The summed E-state index contributed by atoms with van der Waals surface area (Å²) in [5.41, 5.74) is 2.72. The Bertz CT molecular complexity index is 3250. The molecular weight excluding hydrogens is 945 g/mol. The van der Waals surface area contributed by atoms with Crippen LogP contribution in [0.25, 0.3) is 86.2 Å². The van der Waals surface area contributed by atoms with Crippen LogP contribution in [-0.2, 0) is 11.5 Å². The molecule has 72 heavy (non-hydrogen) atoms. The first-order chi connectivity index (χ1) is 35.6. The fourth-order valence-electron chi connectivity index (χ4n) is 10.8. The van der Waals surface area contributed by atoms with E-state index in [9.17, 15) is 0 Å². The van der Waals surface area contributed by atoms with Crippen LogP contribution in [0.4, 0.5) is 0 Å². The molecule has 0 aromatic heterocycles. The summed E-state index contributed by atoms with van der Waals surface area (Å²) in [7, 11) is 0. The molecule has 0 fully saturated rings. The Kier molecular flexibility index (Phi) is 16.0. The van der Waals surface area contributed by atoms with E-state index < -0.39 is 0 Å². The highest BCUT2D eigenvalue weighted by molar-refractivity contribution is 8.00. The average Bonchev–Trinajstić information content (AvgIpc) is 3.42. The Labute approximate surface area is 444 Å². The predicted molar refractivity (Wildman–Crippen MR) is 327 cm³/mol. The third-order valence-corrected chi connectivity index (χ3v) is 19.6. The lowest BCUT2D eigenvalue weighted by atomic mass is 9.97. The maximum Gasteiger partial charge on any atom is 0.0234 e. The van der Waals surface area contributed by atoms with Crippen molar-refractivity contribution >= 4 is 133 Å². The number of rotatable bonds is 22. The van der Waals surface area contributed by atoms with E-state index in [0.29, 0.717) is 0 Å². The predicted octanol–water partition coefficient (Wildman–Crippen LogP) is 22.4. The molecule has 11 aromatic rings. The molecule has 0 amide bonds. The van der Waals surface area contributed by atoms with Crippen molar-refractivity contribution in [2.24, 2.45) is 0 Å². The molecule has 0 unspecified atom stereocenters. The second kappa shape index (κ2) is 23.4. The average molecular weight is 1010 g/mol. The maximum absolute atomic E-state index is 2.49. The van der Waals surface area contributed by atoms with Crippen molar-refractivity contribution in [3.63, 3.8) is 0 Å². The Balaban J connectivity index is 0.905. The van der Waals surface area contributed by atoms with E-state index in [-0.39, 0.29) is 0 Å². The van der Waals surface area contributed by atoms with Gasteiger partial charge in [-0.25, -0.2) is 0 Å². The van der Waals surface area contributed by atoms with Crippen LogP contribution in [0.15, 0.2) is 189 Å². The number of hydrogen-bond donors (Lipinski definition) is 0. The van der Waals surface area contributed by atoms with Crippen LogP contribution < -0.4 is 0 Å². The Morgan fingerprint density at radius 3 is 0.722 bits per heavy atom. The molecule has 0 aliphatic rings. The molecule has 4 heteroatoms. The van der Waals surface area contributed by atoms with Crippen LogP contribution in [0.1, 0.15) is 102 Å². The number of hydrogen-bond acceptors (Lipinski definition) is 4. The SMILES string of the molecule is CCCCCCCCSc1c2cc3ccccc3cc2c(SCc2ccc(CSc3c4cc5ccccc5cc4c(SCCCCCCCC)c4cc5ccccc5cc34)cc2)c2cc3ccccc3cc12. The van der Waals surface area contributed by atoms with Crippen LogP contribution >= 0.6 is 47.0 Å². The molecule has 0 spiro atoms. The maximum atomic E-state index is 2.49. The summed E-state index contributed by atoms with van der Waals surface area (Å²) in [6.45, 7) is 4.61. The second-order valence-corrected chi connectivity index (χ2v) is 24.1. The first-order valence-corrected chi connectivity index (χ1v) is 30.8. The minimum atomic E-state index is 0.912. The van der Waals surface area contributed by atoms with Crippen molar-refractivity contribution in [3.05, 3.63) is 181 Å². The molecule has 362 valence electrons. The van der Waals surface area contributed by atoms with Crippen molar-refractivity contribution in [2.75, 3.05) is 11.5 Å². The van der Waals surface area contributed by atoms with Crippen molar-refractivity contribution < 1.29 is 0 Å². The van der Waals surface area contributed by atoms with E-state index in [2.05, 4.69) is 207 Å². The van der Waals surface area contributed by atoms with Gasteiger partial charge in [-0.15, -0.1) is 47.0 Å². The highest BCUT2D eigenvalue weighted by Crippen LogP contribution is 2.48. The van der Waals surface area contributed by atoms with Gasteiger partial charge < -0.3 is 0 Å². The number of unbranched alkanes of at least 4 members (excludes halogenated alkanes) is 10. The highest BCUT2D eigenvalue weighted by Gasteiger charge is 2.20. The normalized spacial score (nSPS) is 12.0. The van der Waals surface area contributed by atoms with Gasteiger partial charge in [0.25, 0.3) is 0 Å². The van der Waals surface area contributed by atoms with Gasteiger partial charge in [-0.05, 0) is 170 Å². The monoisotopic (exact) mass is 1010 g/mol. The van der Waals surface area contributed by atoms with E-state index in [1.165, 1.54) is 194 Å². The summed E-state index contributed by atoms with van der Waals surface area (Å²) in [6, 6.07) is 65.2. The van der Waals surface area contributed by atoms with Crippen LogP contribution in [0.2, 0.25) is 0 Å². The van der Waals surface area contributed by atoms with Gasteiger partial charge in [-0.2, -0.15) is 0 Å². The van der Waals surface area contributed by atoms with Gasteiger partial charge in [0.2, 0.25) is 0 Å². The lowest BCUT2D eigenvalue weighted by Gasteiger charge is -2.19. The van der Waals surface area contributed by atoms with Crippen molar-refractivity contribution in [1.29, 1.82) is 0 Å². The van der Waals surface area contributed by atoms with E-state index in [1.807, 2.05) is 23.5 Å². The van der Waals surface area contributed by atoms with E-state index in [0.717, 1.165) is 23.0 Å². The number of benzene rings is 11. The lowest BCUT2D eigenvalue weighted by Crippen LogP contribution is -1.92. The minimum absolute atomic E-state index is 0.912. The third kappa shape index (κ3) is 10.8. The highest BCUT2D eigenvalue weighted by atomic mass is 32.2. The fourth-order valence-corrected chi connectivity index (χ4v) is 15.5. The van der Waals surface area contributed by atoms with E-state index >= 15 is 0 Å². The zero-order valence-corrected chi connectivity index (χ0v) is 45.4. The van der Waals surface area contributed by atoms with Crippen molar-refractivity contribution in [3.8, 4) is 0 Å². The molecule has 0 aliphatic carbocycles. The van der Waals surface area contributed by atoms with Crippen LogP contribution in [0.5, 0.6) is 0 Å². The zero-order chi connectivity index (χ0) is 48.6. The largest absolute Gasteiger partial charge is 0.125 e. The van der Waals surface area contributed by atoms with Crippen LogP contribution in [0, 0.1) is 0 Å². The van der Waals surface area contributed by atoms with Gasteiger partial charge in [0.05, 0.1) is 0 Å². The van der Waals surface area contributed by atoms with Gasteiger partial charge in [0.1, 0.15) is 0 Å². The molecule has 0 atom stereocenters. The summed E-state index contributed by atoms with van der Waals surface area (Å²) in [5, 5.41) is 21.6. The standard InChI is InChI=1S/C68H66S4/c1-3-5-7-9-11-21-35-69-65-57-37-49-23-13-17-27-53(49)41-61(57)67(62-42-54-28-18-14-24-50(54)38-58(62)65)71-45-47-31-33-48(34-32-47)46-72-68-63-43-55-29-19-15-25-51(55)39-59(63)66(70-36-22-12-10-8-6-4-2)60-40-52-26-16-20-30-56(52)44-64(60)68/h13-20,23-34,37-44H,3-12,21-22,35-36,45-46H2,1-2H3. The molecule has 0 saturated carbocycles. The van der Waals surface area contributed by atoms with Gasteiger partial charge in [0.15, 0.2) is 0 Å². The molecule has 0 heterocycles. The summed E-state index contributed by atoms with van der Waals surface area (Å²) in [5.74, 6) is 4.12. The van der Waals surface area contributed by atoms with E-state index in [1.54, 1.807) is 0 Å². The molecule has 0 nitrogen and oxygen atoms in total. The summed E-state index contributed by atoms with van der Waals surface area (Å²) in [4.78, 5) is 5.68.